The highest BCUT2D eigenvalue weighted by atomic mass is 16.5. The fourth-order valence-corrected chi connectivity index (χ4v) is 2.93. The number of anilines is 1. The Morgan fingerprint density at radius 2 is 1.83 bits per heavy atom. The third-order valence-corrected chi connectivity index (χ3v) is 4.35. The first-order valence-electron chi connectivity index (χ1n) is 8.93. The fraction of sp³-hybridized carbons (Fsp3) is 0.250. The van der Waals surface area contributed by atoms with Crippen LogP contribution in [0.15, 0.2) is 41.1 Å². The molecule has 10 heteroatoms. The van der Waals surface area contributed by atoms with Gasteiger partial charge in [-0.1, -0.05) is 0 Å². The van der Waals surface area contributed by atoms with Crippen molar-refractivity contribution in [3.8, 4) is 17.2 Å². The van der Waals surface area contributed by atoms with Gasteiger partial charge in [0, 0.05) is 7.05 Å². The lowest BCUT2D eigenvalue weighted by atomic mass is 10.1. The Morgan fingerprint density at radius 1 is 1.07 bits per heavy atom. The first kappa shape index (κ1) is 20.8. The van der Waals surface area contributed by atoms with E-state index < -0.39 is 11.8 Å². The summed E-state index contributed by atoms with van der Waals surface area (Å²) in [6.45, 7) is 0.202. The molecule has 0 bridgehead atoms. The Kier molecular flexibility index (Phi) is 6.26. The van der Waals surface area contributed by atoms with Crippen molar-refractivity contribution in [2.75, 3.05) is 26.6 Å². The van der Waals surface area contributed by atoms with Gasteiger partial charge in [0.25, 0.3) is 11.8 Å². The Labute approximate surface area is 172 Å². The lowest BCUT2D eigenvalue weighted by molar-refractivity contribution is 0.0939. The Bertz CT molecular complexity index is 1040. The predicted molar refractivity (Wildman–Crippen MR) is 107 cm³/mol. The van der Waals surface area contributed by atoms with Crippen molar-refractivity contribution in [1.29, 1.82) is 0 Å². The van der Waals surface area contributed by atoms with Crippen LogP contribution in [0.3, 0.4) is 0 Å². The number of hydrogen-bond acceptors (Lipinski definition) is 7. The van der Waals surface area contributed by atoms with Crippen molar-refractivity contribution >= 4 is 17.5 Å². The fourth-order valence-electron chi connectivity index (χ4n) is 2.93. The van der Waals surface area contributed by atoms with Crippen LogP contribution >= 0.6 is 0 Å². The van der Waals surface area contributed by atoms with Crippen molar-refractivity contribution in [3.63, 3.8) is 0 Å². The number of ether oxygens (including phenoxy) is 3. The molecular formula is C20H22N4O6. The zero-order valence-corrected chi connectivity index (χ0v) is 17.0. The second-order valence-corrected chi connectivity index (χ2v) is 6.13. The first-order chi connectivity index (χ1) is 14.5. The molecule has 0 atom stereocenters. The summed E-state index contributed by atoms with van der Waals surface area (Å²) in [6, 6.07) is 6.61. The van der Waals surface area contributed by atoms with E-state index in [2.05, 4.69) is 15.7 Å². The number of nitrogens with one attached hydrogen (secondary N) is 2. The third kappa shape index (κ3) is 4.07. The summed E-state index contributed by atoms with van der Waals surface area (Å²) in [4.78, 5) is 25.6. The Balaban J connectivity index is 1.83. The molecule has 1 aromatic carbocycles. The number of rotatable bonds is 8. The van der Waals surface area contributed by atoms with Gasteiger partial charge in [0.05, 0.1) is 51.6 Å². The summed E-state index contributed by atoms with van der Waals surface area (Å²) in [5, 5.41) is 9.51. The highest BCUT2D eigenvalue weighted by Crippen LogP contribution is 2.40. The third-order valence-electron chi connectivity index (χ3n) is 4.35. The molecule has 2 N–H and O–H groups in total. The van der Waals surface area contributed by atoms with Crippen molar-refractivity contribution < 1.29 is 28.2 Å². The molecule has 3 rings (SSSR count). The molecule has 0 aliphatic heterocycles. The average molecular weight is 414 g/mol. The number of carbonyl (C=O) groups is 2. The number of amides is 2. The van der Waals surface area contributed by atoms with Gasteiger partial charge >= 0.3 is 0 Å². The van der Waals surface area contributed by atoms with Gasteiger partial charge in [0.15, 0.2) is 11.5 Å². The van der Waals surface area contributed by atoms with E-state index in [-0.39, 0.29) is 35.0 Å². The van der Waals surface area contributed by atoms with Crippen LogP contribution in [0, 0.1) is 0 Å². The number of nitrogens with zero attached hydrogens (tertiary/aromatic N) is 2. The van der Waals surface area contributed by atoms with Crippen molar-refractivity contribution in [2.24, 2.45) is 7.05 Å². The van der Waals surface area contributed by atoms with Gasteiger partial charge in [-0.15, -0.1) is 0 Å². The van der Waals surface area contributed by atoms with E-state index in [1.165, 1.54) is 38.5 Å². The number of carbonyl (C=O) groups excluding carboxylic acids is 2. The smallest absolute Gasteiger partial charge is 0.272 e. The van der Waals surface area contributed by atoms with E-state index >= 15 is 0 Å². The van der Waals surface area contributed by atoms with E-state index in [0.29, 0.717) is 11.5 Å². The van der Waals surface area contributed by atoms with E-state index in [1.54, 1.807) is 31.3 Å². The maximum atomic E-state index is 12.9. The molecular weight excluding hydrogens is 392 g/mol. The molecule has 0 saturated heterocycles. The SMILES string of the molecule is COc1ccc(C(=O)Nc2cnn(C)c2C(=O)NCc2ccco2)c(OC)c1OC. The number of aromatic nitrogens is 2. The molecule has 0 spiro atoms. The number of furan rings is 1. The average Bonchev–Trinajstić information content (AvgIpc) is 3.40. The zero-order chi connectivity index (χ0) is 21.7. The summed E-state index contributed by atoms with van der Waals surface area (Å²) >= 11 is 0. The normalized spacial score (nSPS) is 10.4. The molecule has 30 heavy (non-hydrogen) atoms. The monoisotopic (exact) mass is 414 g/mol. The molecule has 2 amide bonds. The first-order valence-corrected chi connectivity index (χ1v) is 8.93. The predicted octanol–water partition coefficient (Wildman–Crippen LogP) is 2.22. The minimum atomic E-state index is -0.499. The van der Waals surface area contributed by atoms with Gasteiger partial charge < -0.3 is 29.3 Å². The molecule has 0 radical (unpaired) electrons. The van der Waals surface area contributed by atoms with Crippen molar-refractivity contribution in [3.05, 3.63) is 53.7 Å². The van der Waals surface area contributed by atoms with Crippen LogP contribution in [0.4, 0.5) is 5.69 Å². The van der Waals surface area contributed by atoms with Gasteiger partial charge in [0.1, 0.15) is 11.5 Å². The second kappa shape index (κ2) is 9.03. The summed E-state index contributed by atoms with van der Waals surface area (Å²) in [6.07, 6.45) is 2.92. The standard InChI is InChI=1S/C20H22N4O6/c1-24-16(20(26)21-10-12-6-5-9-30-12)14(11-22-24)23-19(25)13-7-8-15(27-2)18(29-4)17(13)28-3/h5-9,11H,10H2,1-4H3,(H,21,26)(H,23,25). The molecule has 2 aromatic heterocycles. The Hall–Kier alpha value is -3.95. The van der Waals surface area contributed by atoms with Crippen LogP contribution in [0.1, 0.15) is 26.6 Å². The summed E-state index contributed by atoms with van der Waals surface area (Å²) in [5.41, 5.74) is 0.645. The number of benzene rings is 1. The lowest BCUT2D eigenvalue weighted by Gasteiger charge is -2.15. The maximum absolute atomic E-state index is 12.9. The zero-order valence-electron chi connectivity index (χ0n) is 17.0. The van der Waals surface area contributed by atoms with E-state index in [1.807, 2.05) is 0 Å². The second-order valence-electron chi connectivity index (χ2n) is 6.13. The molecule has 0 aliphatic rings. The van der Waals surface area contributed by atoms with Crippen molar-refractivity contribution in [2.45, 2.75) is 6.54 Å². The molecule has 3 aromatic rings. The summed E-state index contributed by atoms with van der Waals surface area (Å²) < 4.78 is 22.5. The molecule has 0 aliphatic carbocycles. The molecule has 0 fully saturated rings. The molecule has 10 nitrogen and oxygen atoms in total. The maximum Gasteiger partial charge on any atom is 0.272 e. The minimum absolute atomic E-state index is 0.189. The van der Waals surface area contributed by atoms with Gasteiger partial charge in [-0.25, -0.2) is 0 Å². The largest absolute Gasteiger partial charge is 0.493 e. The highest BCUT2D eigenvalue weighted by molar-refractivity contribution is 6.10. The number of hydrogen-bond donors (Lipinski definition) is 2. The van der Waals surface area contributed by atoms with E-state index in [4.69, 9.17) is 18.6 Å². The molecule has 158 valence electrons. The van der Waals surface area contributed by atoms with Gasteiger partial charge in [-0.05, 0) is 24.3 Å². The van der Waals surface area contributed by atoms with Gasteiger partial charge in [0.2, 0.25) is 5.75 Å². The van der Waals surface area contributed by atoms with Crippen LogP contribution < -0.4 is 24.8 Å². The van der Waals surface area contributed by atoms with Gasteiger partial charge in [-0.2, -0.15) is 5.10 Å². The van der Waals surface area contributed by atoms with Crippen LogP contribution in [0.5, 0.6) is 17.2 Å². The highest BCUT2D eigenvalue weighted by Gasteiger charge is 2.24. The topological polar surface area (TPSA) is 117 Å². The molecule has 0 saturated carbocycles. The lowest BCUT2D eigenvalue weighted by Crippen LogP contribution is -2.26. The van der Waals surface area contributed by atoms with Crippen LogP contribution in [-0.2, 0) is 13.6 Å². The van der Waals surface area contributed by atoms with Crippen molar-refractivity contribution in [1.82, 2.24) is 15.1 Å². The Morgan fingerprint density at radius 3 is 2.47 bits per heavy atom. The number of aryl methyl sites for hydroxylation is 1. The van der Waals surface area contributed by atoms with E-state index in [0.717, 1.165) is 0 Å². The van der Waals surface area contributed by atoms with Crippen LogP contribution in [-0.4, -0.2) is 42.9 Å². The van der Waals surface area contributed by atoms with Gasteiger partial charge in [-0.3, -0.25) is 14.3 Å². The van der Waals surface area contributed by atoms with Crippen LogP contribution in [0.2, 0.25) is 0 Å². The summed E-state index contributed by atoms with van der Waals surface area (Å²) in [5.74, 6) is 0.607. The van der Waals surface area contributed by atoms with Crippen LogP contribution in [0.25, 0.3) is 0 Å². The van der Waals surface area contributed by atoms with E-state index in [9.17, 15) is 9.59 Å². The minimum Gasteiger partial charge on any atom is -0.493 e. The molecule has 0 unspecified atom stereocenters. The quantitative estimate of drug-likeness (QED) is 0.580. The number of methoxy groups -OCH3 is 3. The summed E-state index contributed by atoms with van der Waals surface area (Å²) in [7, 11) is 5.96. The molecule has 2 heterocycles.